The first-order valence-corrected chi connectivity index (χ1v) is 11.7. The van der Waals surface area contributed by atoms with Gasteiger partial charge in [0, 0.05) is 62.3 Å². The van der Waals surface area contributed by atoms with Gasteiger partial charge in [0.15, 0.2) is 0 Å². The van der Waals surface area contributed by atoms with Crippen molar-refractivity contribution in [2.75, 3.05) is 46.4 Å². The van der Waals surface area contributed by atoms with Crippen LogP contribution in [-0.2, 0) is 17.9 Å². The Balaban J connectivity index is 1.19. The smallest absolute Gasteiger partial charge is 0.219 e. The maximum absolute atomic E-state index is 11.4. The third-order valence-electron chi connectivity index (χ3n) is 5.77. The molecule has 0 unspecified atom stereocenters. The van der Waals surface area contributed by atoms with E-state index in [-0.39, 0.29) is 5.91 Å². The van der Waals surface area contributed by atoms with Crippen molar-refractivity contribution in [3.63, 3.8) is 0 Å². The molecule has 0 saturated carbocycles. The normalized spacial score (nSPS) is 15.0. The van der Waals surface area contributed by atoms with Crippen LogP contribution in [0.2, 0.25) is 0 Å². The Morgan fingerprint density at radius 2 is 1.77 bits per heavy atom. The lowest BCUT2D eigenvalue weighted by Gasteiger charge is -2.34. The van der Waals surface area contributed by atoms with Gasteiger partial charge in [-0.25, -0.2) is 0 Å². The topological polar surface area (TPSA) is 36.0 Å². The van der Waals surface area contributed by atoms with Gasteiger partial charge in [-0.05, 0) is 42.3 Å². The van der Waals surface area contributed by atoms with Crippen molar-refractivity contribution in [3.8, 4) is 5.75 Å². The van der Waals surface area contributed by atoms with Crippen LogP contribution in [0.1, 0.15) is 17.4 Å². The van der Waals surface area contributed by atoms with E-state index in [4.69, 9.17) is 4.74 Å². The molecule has 0 N–H and O–H groups in total. The average Bonchev–Trinajstić information content (AvgIpc) is 3.17. The molecule has 0 radical (unpaired) electrons. The number of thiophene rings is 1. The highest BCUT2D eigenvalue weighted by molar-refractivity contribution is 7.19. The van der Waals surface area contributed by atoms with E-state index in [9.17, 15) is 4.79 Å². The minimum atomic E-state index is 0.172. The van der Waals surface area contributed by atoms with Crippen LogP contribution >= 0.6 is 11.3 Å². The lowest BCUT2D eigenvalue weighted by Crippen LogP contribution is -2.48. The van der Waals surface area contributed by atoms with E-state index in [1.165, 1.54) is 20.5 Å². The third kappa shape index (κ3) is 6.06. The van der Waals surface area contributed by atoms with Crippen molar-refractivity contribution in [3.05, 3.63) is 65.0 Å². The first-order valence-electron chi connectivity index (χ1n) is 10.9. The molecule has 0 bridgehead atoms. The van der Waals surface area contributed by atoms with Crippen molar-refractivity contribution in [1.82, 2.24) is 14.7 Å². The van der Waals surface area contributed by atoms with Gasteiger partial charge in [0.1, 0.15) is 12.4 Å². The second-order valence-electron chi connectivity index (χ2n) is 8.26. The van der Waals surface area contributed by atoms with E-state index < -0.39 is 0 Å². The standard InChI is InChI=1S/C25H31N3O2S/c1-20(29)28-13-11-27(12-14-28)15-16-30-23-9-7-21(8-10-23)18-26(2)19-24-17-22-5-3-4-6-25(22)31-24/h3-10,17H,11-16,18-19H2,1-2H3. The van der Waals surface area contributed by atoms with Crippen LogP contribution in [0.3, 0.4) is 0 Å². The van der Waals surface area contributed by atoms with Gasteiger partial charge in [0.25, 0.3) is 0 Å². The monoisotopic (exact) mass is 437 g/mol. The highest BCUT2D eigenvalue weighted by Crippen LogP contribution is 2.26. The largest absolute Gasteiger partial charge is 0.492 e. The van der Waals surface area contributed by atoms with Crippen LogP contribution in [0.5, 0.6) is 5.75 Å². The number of carbonyl (C=O) groups is 1. The Bertz CT molecular complexity index is 960. The molecule has 1 aliphatic rings. The Morgan fingerprint density at radius 1 is 1.03 bits per heavy atom. The van der Waals surface area contributed by atoms with Gasteiger partial charge in [-0.15, -0.1) is 11.3 Å². The minimum absolute atomic E-state index is 0.172. The maximum atomic E-state index is 11.4. The average molecular weight is 438 g/mol. The number of rotatable bonds is 8. The van der Waals surface area contributed by atoms with Gasteiger partial charge in [-0.2, -0.15) is 0 Å². The van der Waals surface area contributed by atoms with E-state index in [2.05, 4.69) is 71.4 Å². The van der Waals surface area contributed by atoms with Gasteiger partial charge in [0.2, 0.25) is 5.91 Å². The molecule has 3 aromatic rings. The second kappa shape index (κ2) is 10.3. The van der Waals surface area contributed by atoms with Crippen LogP contribution in [0, 0.1) is 0 Å². The highest BCUT2D eigenvalue weighted by Gasteiger charge is 2.18. The summed E-state index contributed by atoms with van der Waals surface area (Å²) in [5.41, 5.74) is 1.29. The molecule has 1 amide bonds. The Morgan fingerprint density at radius 3 is 2.48 bits per heavy atom. The minimum Gasteiger partial charge on any atom is -0.492 e. The van der Waals surface area contributed by atoms with Gasteiger partial charge in [-0.1, -0.05) is 30.3 Å². The molecule has 0 spiro atoms. The van der Waals surface area contributed by atoms with Crippen LogP contribution in [0.4, 0.5) is 0 Å². The number of ether oxygens (including phenoxy) is 1. The predicted octanol–water partition coefficient (Wildman–Crippen LogP) is 4.08. The van der Waals surface area contributed by atoms with E-state index in [0.29, 0.717) is 6.61 Å². The Hall–Kier alpha value is -2.41. The molecular weight excluding hydrogens is 406 g/mol. The number of nitrogens with zero attached hydrogens (tertiary/aromatic N) is 3. The van der Waals surface area contributed by atoms with Crippen molar-refractivity contribution in [2.24, 2.45) is 0 Å². The fourth-order valence-electron chi connectivity index (χ4n) is 4.02. The van der Waals surface area contributed by atoms with Gasteiger partial charge >= 0.3 is 0 Å². The first-order chi connectivity index (χ1) is 15.1. The quantitative estimate of drug-likeness (QED) is 0.532. The Labute approximate surface area is 188 Å². The number of hydrogen-bond donors (Lipinski definition) is 0. The molecule has 6 heteroatoms. The van der Waals surface area contributed by atoms with Crippen LogP contribution < -0.4 is 4.74 Å². The molecular formula is C25H31N3O2S. The molecule has 0 atom stereocenters. The summed E-state index contributed by atoms with van der Waals surface area (Å²) in [7, 11) is 2.17. The highest BCUT2D eigenvalue weighted by atomic mass is 32.1. The van der Waals surface area contributed by atoms with E-state index >= 15 is 0 Å². The van der Waals surface area contributed by atoms with E-state index in [1.807, 2.05) is 16.2 Å². The van der Waals surface area contributed by atoms with Crippen molar-refractivity contribution >= 4 is 27.3 Å². The summed E-state index contributed by atoms with van der Waals surface area (Å²) in [6.45, 7) is 8.56. The van der Waals surface area contributed by atoms with Gasteiger partial charge in [-0.3, -0.25) is 14.6 Å². The van der Waals surface area contributed by atoms with Crippen LogP contribution in [-0.4, -0.2) is 67.0 Å². The van der Waals surface area contributed by atoms with E-state index in [1.54, 1.807) is 6.92 Å². The first kappa shape index (κ1) is 21.8. The molecule has 5 nitrogen and oxygen atoms in total. The lowest BCUT2D eigenvalue weighted by atomic mass is 10.2. The molecule has 1 aromatic heterocycles. The van der Waals surface area contributed by atoms with Crippen molar-refractivity contribution < 1.29 is 9.53 Å². The number of carbonyl (C=O) groups excluding carboxylic acids is 1. The summed E-state index contributed by atoms with van der Waals surface area (Å²) in [5, 5.41) is 1.33. The van der Waals surface area contributed by atoms with Gasteiger partial charge < -0.3 is 9.64 Å². The Kier molecular flexibility index (Phi) is 7.22. The molecule has 1 fully saturated rings. The summed E-state index contributed by atoms with van der Waals surface area (Å²) in [6, 6.07) is 19.3. The summed E-state index contributed by atoms with van der Waals surface area (Å²) in [6.07, 6.45) is 0. The molecule has 1 saturated heterocycles. The molecule has 4 rings (SSSR count). The predicted molar refractivity (Wildman–Crippen MR) is 128 cm³/mol. The van der Waals surface area contributed by atoms with Crippen molar-refractivity contribution in [1.29, 1.82) is 0 Å². The zero-order chi connectivity index (χ0) is 21.6. The summed E-state index contributed by atoms with van der Waals surface area (Å²) >= 11 is 1.88. The second-order valence-corrected chi connectivity index (χ2v) is 9.43. The zero-order valence-corrected chi connectivity index (χ0v) is 19.2. The van der Waals surface area contributed by atoms with Crippen molar-refractivity contribution in [2.45, 2.75) is 20.0 Å². The number of fused-ring (bicyclic) bond motifs is 1. The number of piperazine rings is 1. The zero-order valence-electron chi connectivity index (χ0n) is 18.4. The molecule has 1 aliphatic heterocycles. The third-order valence-corrected chi connectivity index (χ3v) is 6.87. The van der Waals surface area contributed by atoms with Crippen LogP contribution in [0.15, 0.2) is 54.6 Å². The molecule has 0 aliphatic carbocycles. The van der Waals surface area contributed by atoms with Gasteiger partial charge in [0.05, 0.1) is 0 Å². The molecule has 2 heterocycles. The SMILES string of the molecule is CC(=O)N1CCN(CCOc2ccc(CN(C)Cc3cc4ccccc4s3)cc2)CC1. The fraction of sp³-hybridized carbons (Fsp3) is 0.400. The number of benzene rings is 2. The van der Waals surface area contributed by atoms with Crippen LogP contribution in [0.25, 0.3) is 10.1 Å². The number of amides is 1. The lowest BCUT2D eigenvalue weighted by molar-refractivity contribution is -0.130. The maximum Gasteiger partial charge on any atom is 0.219 e. The molecule has 2 aromatic carbocycles. The molecule has 31 heavy (non-hydrogen) atoms. The number of hydrogen-bond acceptors (Lipinski definition) is 5. The molecule has 164 valence electrons. The van der Waals surface area contributed by atoms with E-state index in [0.717, 1.165) is 51.6 Å². The summed E-state index contributed by atoms with van der Waals surface area (Å²) < 4.78 is 7.29. The summed E-state index contributed by atoms with van der Waals surface area (Å²) in [4.78, 5) is 19.4. The fourth-order valence-corrected chi connectivity index (χ4v) is 5.16. The summed E-state index contributed by atoms with van der Waals surface area (Å²) in [5.74, 6) is 1.09.